The fourth-order valence-corrected chi connectivity index (χ4v) is 1.91. The van der Waals surface area contributed by atoms with E-state index < -0.39 is 0 Å². The van der Waals surface area contributed by atoms with Crippen molar-refractivity contribution in [3.63, 3.8) is 0 Å². The van der Waals surface area contributed by atoms with Gasteiger partial charge in [-0.2, -0.15) is 4.98 Å². The molecule has 2 N–H and O–H groups in total. The van der Waals surface area contributed by atoms with Crippen molar-refractivity contribution >= 4 is 0 Å². The van der Waals surface area contributed by atoms with Gasteiger partial charge in [0.1, 0.15) is 12.0 Å². The van der Waals surface area contributed by atoms with E-state index >= 15 is 0 Å². The van der Waals surface area contributed by atoms with Crippen molar-refractivity contribution in [3.8, 4) is 11.5 Å². The van der Waals surface area contributed by atoms with Gasteiger partial charge in [0.15, 0.2) is 5.82 Å². The third-order valence-electron chi connectivity index (χ3n) is 3.31. The second kappa shape index (κ2) is 5.14. The van der Waals surface area contributed by atoms with Crippen LogP contribution < -0.4 is 5.73 Å². The SMILES string of the molecule is Cc1cc(-c2nc(C(N)COC3CCC3)no2)co1. The number of nitrogens with two attached hydrogens (primary N) is 1. The fourth-order valence-electron chi connectivity index (χ4n) is 1.91. The van der Waals surface area contributed by atoms with Gasteiger partial charge in [-0.15, -0.1) is 0 Å². The molecule has 1 saturated carbocycles. The molecule has 0 spiro atoms. The van der Waals surface area contributed by atoms with E-state index in [-0.39, 0.29) is 6.04 Å². The predicted molar refractivity (Wildman–Crippen MR) is 67.3 cm³/mol. The molecule has 102 valence electrons. The fraction of sp³-hybridized carbons (Fsp3) is 0.538. The summed E-state index contributed by atoms with van der Waals surface area (Å²) in [6.07, 6.45) is 5.43. The van der Waals surface area contributed by atoms with E-state index in [2.05, 4.69) is 10.1 Å². The van der Waals surface area contributed by atoms with Crippen LogP contribution in [-0.4, -0.2) is 22.9 Å². The first-order valence-corrected chi connectivity index (χ1v) is 6.48. The highest BCUT2D eigenvalue weighted by molar-refractivity contribution is 5.51. The first-order valence-electron chi connectivity index (χ1n) is 6.48. The summed E-state index contributed by atoms with van der Waals surface area (Å²) >= 11 is 0. The first-order chi connectivity index (χ1) is 9.22. The minimum atomic E-state index is -0.355. The van der Waals surface area contributed by atoms with Crippen molar-refractivity contribution in [2.24, 2.45) is 5.73 Å². The lowest BCUT2D eigenvalue weighted by atomic mass is 9.96. The van der Waals surface area contributed by atoms with Crippen LogP contribution in [0.15, 0.2) is 21.3 Å². The third kappa shape index (κ3) is 2.69. The molecule has 0 radical (unpaired) electrons. The summed E-state index contributed by atoms with van der Waals surface area (Å²) in [6, 6.07) is 1.49. The highest BCUT2D eigenvalue weighted by Crippen LogP contribution is 2.24. The van der Waals surface area contributed by atoms with E-state index in [4.69, 9.17) is 19.4 Å². The van der Waals surface area contributed by atoms with Gasteiger partial charge in [-0.05, 0) is 32.3 Å². The molecule has 2 heterocycles. The zero-order chi connectivity index (χ0) is 13.2. The summed E-state index contributed by atoms with van der Waals surface area (Å²) < 4.78 is 16.0. The molecule has 2 aromatic rings. The van der Waals surface area contributed by atoms with Gasteiger partial charge in [0, 0.05) is 0 Å². The molecular formula is C13H17N3O3. The van der Waals surface area contributed by atoms with Crippen LogP contribution in [0, 0.1) is 6.92 Å². The number of furan rings is 1. The molecule has 0 saturated heterocycles. The Kier molecular flexibility index (Phi) is 3.35. The monoisotopic (exact) mass is 263 g/mol. The number of hydrogen-bond donors (Lipinski definition) is 1. The molecule has 0 amide bonds. The Morgan fingerprint density at radius 3 is 3.00 bits per heavy atom. The van der Waals surface area contributed by atoms with Crippen molar-refractivity contribution < 1.29 is 13.7 Å². The van der Waals surface area contributed by atoms with E-state index in [1.807, 2.05) is 13.0 Å². The molecule has 2 aromatic heterocycles. The summed E-state index contributed by atoms with van der Waals surface area (Å²) in [4.78, 5) is 4.27. The van der Waals surface area contributed by atoms with E-state index in [9.17, 15) is 0 Å². The van der Waals surface area contributed by atoms with Crippen LogP contribution in [0.4, 0.5) is 0 Å². The Morgan fingerprint density at radius 1 is 1.53 bits per heavy atom. The van der Waals surface area contributed by atoms with Crippen molar-refractivity contribution in [2.75, 3.05) is 6.61 Å². The standard InChI is InChI=1S/C13H17N3O3/c1-8-5-9(6-17-8)13-15-12(16-19-13)11(14)7-18-10-3-2-4-10/h5-6,10-11H,2-4,7,14H2,1H3. The molecule has 0 aromatic carbocycles. The van der Waals surface area contributed by atoms with Crippen LogP contribution in [0.25, 0.3) is 11.5 Å². The molecule has 1 unspecified atom stereocenters. The van der Waals surface area contributed by atoms with Gasteiger partial charge < -0.3 is 19.4 Å². The third-order valence-corrected chi connectivity index (χ3v) is 3.31. The molecular weight excluding hydrogens is 246 g/mol. The highest BCUT2D eigenvalue weighted by Gasteiger charge is 2.21. The molecule has 1 aliphatic carbocycles. The Balaban J connectivity index is 1.63. The predicted octanol–water partition coefficient (Wildman–Crippen LogP) is 2.21. The molecule has 0 bridgehead atoms. The van der Waals surface area contributed by atoms with E-state index in [1.165, 1.54) is 6.42 Å². The van der Waals surface area contributed by atoms with Gasteiger partial charge in [-0.3, -0.25) is 0 Å². The Morgan fingerprint density at radius 2 is 2.37 bits per heavy atom. The van der Waals surface area contributed by atoms with Crippen molar-refractivity contribution in [1.82, 2.24) is 10.1 Å². The maximum atomic E-state index is 5.99. The minimum absolute atomic E-state index is 0.355. The number of aryl methyl sites for hydroxylation is 1. The quantitative estimate of drug-likeness (QED) is 0.889. The number of nitrogens with zero attached hydrogens (tertiary/aromatic N) is 2. The normalized spacial score (nSPS) is 17.4. The van der Waals surface area contributed by atoms with Crippen LogP contribution in [0.3, 0.4) is 0 Å². The summed E-state index contributed by atoms with van der Waals surface area (Å²) in [5.74, 6) is 1.69. The zero-order valence-corrected chi connectivity index (χ0v) is 10.8. The number of hydrogen-bond acceptors (Lipinski definition) is 6. The average molecular weight is 263 g/mol. The topological polar surface area (TPSA) is 87.3 Å². The minimum Gasteiger partial charge on any atom is -0.469 e. The van der Waals surface area contributed by atoms with Gasteiger partial charge in [-0.1, -0.05) is 5.16 Å². The number of ether oxygens (including phenoxy) is 1. The largest absolute Gasteiger partial charge is 0.469 e. The summed E-state index contributed by atoms with van der Waals surface area (Å²) in [5.41, 5.74) is 6.75. The summed E-state index contributed by atoms with van der Waals surface area (Å²) in [5, 5.41) is 3.89. The molecule has 1 atom stereocenters. The summed E-state index contributed by atoms with van der Waals surface area (Å²) in [7, 11) is 0. The first kappa shape index (κ1) is 12.4. The summed E-state index contributed by atoms with van der Waals surface area (Å²) in [6.45, 7) is 2.28. The van der Waals surface area contributed by atoms with Crippen LogP contribution in [0.1, 0.15) is 36.9 Å². The van der Waals surface area contributed by atoms with Crippen molar-refractivity contribution in [1.29, 1.82) is 0 Å². The van der Waals surface area contributed by atoms with Gasteiger partial charge in [0.05, 0.1) is 24.3 Å². The van der Waals surface area contributed by atoms with Gasteiger partial charge in [0.2, 0.25) is 0 Å². The smallest absolute Gasteiger partial charge is 0.261 e. The second-order valence-corrected chi connectivity index (χ2v) is 4.90. The van der Waals surface area contributed by atoms with Crippen LogP contribution >= 0.6 is 0 Å². The van der Waals surface area contributed by atoms with Gasteiger partial charge in [0.25, 0.3) is 5.89 Å². The van der Waals surface area contributed by atoms with Gasteiger partial charge in [-0.25, -0.2) is 0 Å². The Bertz CT molecular complexity index is 545. The zero-order valence-electron chi connectivity index (χ0n) is 10.8. The second-order valence-electron chi connectivity index (χ2n) is 4.90. The molecule has 6 nitrogen and oxygen atoms in total. The maximum Gasteiger partial charge on any atom is 0.261 e. The lowest BCUT2D eigenvalue weighted by Crippen LogP contribution is -2.27. The van der Waals surface area contributed by atoms with Crippen LogP contribution in [-0.2, 0) is 4.74 Å². The lowest BCUT2D eigenvalue weighted by molar-refractivity contribution is -0.00549. The molecule has 1 aliphatic rings. The van der Waals surface area contributed by atoms with Gasteiger partial charge >= 0.3 is 0 Å². The molecule has 3 rings (SSSR count). The van der Waals surface area contributed by atoms with E-state index in [0.717, 1.165) is 24.2 Å². The van der Waals surface area contributed by atoms with Crippen LogP contribution in [0.5, 0.6) is 0 Å². The molecule has 19 heavy (non-hydrogen) atoms. The number of rotatable bonds is 5. The van der Waals surface area contributed by atoms with Crippen molar-refractivity contribution in [2.45, 2.75) is 38.3 Å². The molecule has 6 heteroatoms. The molecule has 1 fully saturated rings. The van der Waals surface area contributed by atoms with Crippen LogP contribution in [0.2, 0.25) is 0 Å². The van der Waals surface area contributed by atoms with E-state index in [1.54, 1.807) is 6.26 Å². The average Bonchev–Trinajstić information content (AvgIpc) is 2.94. The van der Waals surface area contributed by atoms with Crippen molar-refractivity contribution in [3.05, 3.63) is 23.9 Å². The maximum absolute atomic E-state index is 5.99. The Labute approximate surface area is 110 Å². The number of aromatic nitrogens is 2. The molecule has 0 aliphatic heterocycles. The lowest BCUT2D eigenvalue weighted by Gasteiger charge is -2.26. The van der Waals surface area contributed by atoms with E-state index in [0.29, 0.717) is 24.4 Å². The highest BCUT2D eigenvalue weighted by atomic mass is 16.5. The Hall–Kier alpha value is -1.66.